The van der Waals surface area contributed by atoms with E-state index in [4.69, 9.17) is 14.2 Å². The van der Waals surface area contributed by atoms with Crippen LogP contribution in [-0.2, 0) is 20.8 Å². The third-order valence-electron chi connectivity index (χ3n) is 2.72. The largest absolute Gasteiger partial charge is 0.494 e. The molecule has 112 valence electrons. The van der Waals surface area contributed by atoms with Crippen molar-refractivity contribution in [3.05, 3.63) is 29.6 Å². The lowest BCUT2D eigenvalue weighted by Crippen LogP contribution is -2.30. The molecule has 5 nitrogen and oxygen atoms in total. The highest BCUT2D eigenvalue weighted by atomic mass is 19.1. The number of rotatable bonds is 8. The van der Waals surface area contributed by atoms with Crippen LogP contribution in [0.3, 0.4) is 0 Å². The summed E-state index contributed by atoms with van der Waals surface area (Å²) < 4.78 is 28.3. The lowest BCUT2D eigenvalue weighted by atomic mass is 10.2. The average molecular weight is 285 g/mol. The Morgan fingerprint density at radius 2 is 2.05 bits per heavy atom. The van der Waals surface area contributed by atoms with Crippen molar-refractivity contribution < 1.29 is 23.4 Å². The van der Waals surface area contributed by atoms with E-state index in [1.807, 2.05) is 0 Å². The normalized spacial score (nSPS) is 10.4. The maximum atomic E-state index is 13.5. The molecular formula is C14H20FNO4. The van der Waals surface area contributed by atoms with Crippen LogP contribution in [0.25, 0.3) is 0 Å². The Kier molecular flexibility index (Phi) is 6.97. The molecule has 0 fully saturated rings. The second kappa shape index (κ2) is 8.50. The zero-order valence-corrected chi connectivity index (χ0v) is 12.0. The minimum Gasteiger partial charge on any atom is -0.494 e. The number of carbonyl (C=O) groups excluding carboxylic acids is 1. The van der Waals surface area contributed by atoms with E-state index in [0.29, 0.717) is 25.3 Å². The SMILES string of the molecule is COCCOCC(=O)N(C)Cc1ccc(OC)c(F)c1. The molecule has 0 aromatic heterocycles. The fraction of sp³-hybridized carbons (Fsp3) is 0.500. The number of hydrogen-bond acceptors (Lipinski definition) is 4. The highest BCUT2D eigenvalue weighted by molar-refractivity contribution is 5.77. The van der Waals surface area contributed by atoms with Crippen molar-refractivity contribution in [3.63, 3.8) is 0 Å². The molecule has 0 saturated heterocycles. The third-order valence-corrected chi connectivity index (χ3v) is 2.72. The number of amides is 1. The number of carbonyl (C=O) groups is 1. The van der Waals surface area contributed by atoms with Gasteiger partial charge in [0.2, 0.25) is 5.91 Å². The minimum atomic E-state index is -0.442. The van der Waals surface area contributed by atoms with Crippen molar-refractivity contribution in [2.24, 2.45) is 0 Å². The molecule has 0 aliphatic rings. The van der Waals surface area contributed by atoms with Crippen LogP contribution in [0.4, 0.5) is 4.39 Å². The molecule has 0 atom stereocenters. The van der Waals surface area contributed by atoms with E-state index in [0.717, 1.165) is 0 Å². The molecule has 0 N–H and O–H groups in total. The second-order valence-corrected chi connectivity index (χ2v) is 4.26. The van der Waals surface area contributed by atoms with Gasteiger partial charge in [-0.15, -0.1) is 0 Å². The van der Waals surface area contributed by atoms with Gasteiger partial charge < -0.3 is 19.1 Å². The summed E-state index contributed by atoms with van der Waals surface area (Å²) in [7, 11) is 4.62. The molecule has 20 heavy (non-hydrogen) atoms. The molecule has 1 rings (SSSR count). The van der Waals surface area contributed by atoms with Crippen LogP contribution in [0.15, 0.2) is 18.2 Å². The van der Waals surface area contributed by atoms with Gasteiger partial charge in [-0.2, -0.15) is 0 Å². The van der Waals surface area contributed by atoms with Gasteiger partial charge in [-0.1, -0.05) is 6.07 Å². The number of nitrogens with zero attached hydrogens (tertiary/aromatic N) is 1. The number of methoxy groups -OCH3 is 2. The van der Waals surface area contributed by atoms with Crippen molar-refractivity contribution >= 4 is 5.91 Å². The highest BCUT2D eigenvalue weighted by Gasteiger charge is 2.11. The Hall–Kier alpha value is -1.66. The van der Waals surface area contributed by atoms with E-state index in [1.54, 1.807) is 20.2 Å². The second-order valence-electron chi connectivity index (χ2n) is 4.26. The van der Waals surface area contributed by atoms with Crippen molar-refractivity contribution in [2.75, 3.05) is 41.1 Å². The first-order valence-electron chi connectivity index (χ1n) is 6.21. The highest BCUT2D eigenvalue weighted by Crippen LogP contribution is 2.18. The first-order valence-corrected chi connectivity index (χ1v) is 6.21. The van der Waals surface area contributed by atoms with Crippen LogP contribution in [0.5, 0.6) is 5.75 Å². The first kappa shape index (κ1) is 16.4. The predicted octanol–water partition coefficient (Wildman–Crippen LogP) is 1.46. The van der Waals surface area contributed by atoms with E-state index in [2.05, 4.69) is 0 Å². The Morgan fingerprint density at radius 3 is 2.65 bits per heavy atom. The van der Waals surface area contributed by atoms with Gasteiger partial charge in [0.1, 0.15) is 6.61 Å². The van der Waals surface area contributed by atoms with E-state index < -0.39 is 5.82 Å². The van der Waals surface area contributed by atoms with Crippen molar-refractivity contribution in [3.8, 4) is 5.75 Å². The summed E-state index contributed by atoms with van der Waals surface area (Å²) in [6.45, 7) is 1.11. The lowest BCUT2D eigenvalue weighted by Gasteiger charge is -2.17. The zero-order valence-electron chi connectivity index (χ0n) is 12.0. The van der Waals surface area contributed by atoms with E-state index in [9.17, 15) is 9.18 Å². The van der Waals surface area contributed by atoms with Crippen molar-refractivity contribution in [2.45, 2.75) is 6.54 Å². The Balaban J connectivity index is 2.46. The van der Waals surface area contributed by atoms with Gasteiger partial charge in [0.25, 0.3) is 0 Å². The number of benzene rings is 1. The fourth-order valence-corrected chi connectivity index (χ4v) is 1.58. The molecule has 0 unspecified atom stereocenters. The predicted molar refractivity (Wildman–Crippen MR) is 72.1 cm³/mol. The monoisotopic (exact) mass is 285 g/mol. The zero-order chi connectivity index (χ0) is 15.0. The molecule has 0 heterocycles. The maximum absolute atomic E-state index is 13.5. The number of ether oxygens (including phenoxy) is 3. The van der Waals surface area contributed by atoms with Gasteiger partial charge in [-0.3, -0.25) is 4.79 Å². The van der Waals surface area contributed by atoms with Crippen LogP contribution in [0.1, 0.15) is 5.56 Å². The van der Waals surface area contributed by atoms with Gasteiger partial charge in [0.15, 0.2) is 11.6 Å². The summed E-state index contributed by atoms with van der Waals surface area (Å²) in [5.74, 6) is -0.426. The number of halogens is 1. The lowest BCUT2D eigenvalue weighted by molar-refractivity contribution is -0.135. The van der Waals surface area contributed by atoms with Gasteiger partial charge >= 0.3 is 0 Å². The van der Waals surface area contributed by atoms with Crippen molar-refractivity contribution in [1.29, 1.82) is 0 Å². The van der Waals surface area contributed by atoms with Crippen LogP contribution in [-0.4, -0.2) is 51.9 Å². The number of hydrogen-bond donors (Lipinski definition) is 0. The topological polar surface area (TPSA) is 48.0 Å². The summed E-state index contributed by atoms with van der Waals surface area (Å²) in [6, 6.07) is 4.62. The van der Waals surface area contributed by atoms with Crippen LogP contribution < -0.4 is 4.74 Å². The van der Waals surface area contributed by atoms with E-state index in [-0.39, 0.29) is 18.3 Å². The first-order chi connectivity index (χ1) is 9.58. The molecule has 0 bridgehead atoms. The molecule has 1 aromatic carbocycles. The Morgan fingerprint density at radius 1 is 1.30 bits per heavy atom. The van der Waals surface area contributed by atoms with Crippen LogP contribution in [0.2, 0.25) is 0 Å². The molecule has 0 radical (unpaired) electrons. The Bertz CT molecular complexity index is 439. The van der Waals surface area contributed by atoms with Crippen LogP contribution in [0, 0.1) is 5.82 Å². The maximum Gasteiger partial charge on any atom is 0.248 e. The molecular weight excluding hydrogens is 265 g/mol. The smallest absolute Gasteiger partial charge is 0.248 e. The summed E-state index contributed by atoms with van der Waals surface area (Å²) in [5, 5.41) is 0. The minimum absolute atomic E-state index is 0.0154. The van der Waals surface area contributed by atoms with Gasteiger partial charge in [-0.05, 0) is 17.7 Å². The van der Waals surface area contributed by atoms with Gasteiger partial charge in [-0.25, -0.2) is 4.39 Å². The van der Waals surface area contributed by atoms with Gasteiger partial charge in [0.05, 0.1) is 20.3 Å². The molecule has 1 amide bonds. The molecule has 0 aliphatic carbocycles. The van der Waals surface area contributed by atoms with Gasteiger partial charge in [0, 0.05) is 20.7 Å². The standard InChI is InChI=1S/C14H20FNO4/c1-16(14(17)10-20-7-6-18-2)9-11-4-5-13(19-3)12(15)8-11/h4-5,8H,6-7,9-10H2,1-3H3. The molecule has 0 saturated carbocycles. The average Bonchev–Trinajstić information content (AvgIpc) is 2.43. The molecule has 0 aliphatic heterocycles. The molecule has 6 heteroatoms. The van der Waals surface area contributed by atoms with Crippen LogP contribution >= 0.6 is 0 Å². The summed E-state index contributed by atoms with van der Waals surface area (Å²) >= 11 is 0. The fourth-order valence-electron chi connectivity index (χ4n) is 1.58. The Labute approximate surface area is 118 Å². The molecule has 0 spiro atoms. The van der Waals surface area contributed by atoms with Crippen molar-refractivity contribution in [1.82, 2.24) is 4.90 Å². The molecule has 1 aromatic rings. The summed E-state index contributed by atoms with van der Waals surface area (Å²) in [6.07, 6.45) is 0. The van der Waals surface area contributed by atoms with E-state index >= 15 is 0 Å². The summed E-state index contributed by atoms with van der Waals surface area (Å²) in [4.78, 5) is 13.2. The summed E-state index contributed by atoms with van der Waals surface area (Å²) in [5.41, 5.74) is 0.691. The quantitative estimate of drug-likeness (QED) is 0.678. The van der Waals surface area contributed by atoms with E-state index in [1.165, 1.54) is 24.1 Å². The third kappa shape index (κ3) is 5.14. The number of likely N-dealkylation sites (N-methyl/N-ethyl adjacent to an activating group) is 1.